The minimum absolute atomic E-state index is 0.0632. The molecule has 0 saturated carbocycles. The molecule has 32 heavy (non-hydrogen) atoms. The molecule has 2 aliphatic heterocycles. The average molecular weight is 464 g/mol. The highest BCUT2D eigenvalue weighted by molar-refractivity contribution is 7.92. The number of sulfonamides is 1. The second kappa shape index (κ2) is 8.97. The van der Waals surface area contributed by atoms with Gasteiger partial charge in [0.1, 0.15) is 23.7 Å². The first-order valence-electron chi connectivity index (χ1n) is 10.1. The van der Waals surface area contributed by atoms with Crippen LogP contribution in [0.2, 0.25) is 0 Å². The van der Waals surface area contributed by atoms with Crippen LogP contribution in [0.4, 0.5) is 5.69 Å². The van der Waals surface area contributed by atoms with E-state index in [0.717, 1.165) is 5.56 Å². The Kier molecular flexibility index (Phi) is 6.27. The third-order valence-electron chi connectivity index (χ3n) is 5.73. The summed E-state index contributed by atoms with van der Waals surface area (Å²) in [5.41, 5.74) is 1.19. The molecule has 4 rings (SSSR count). The van der Waals surface area contributed by atoms with Crippen LogP contribution in [0.15, 0.2) is 47.4 Å². The summed E-state index contributed by atoms with van der Waals surface area (Å²) in [6.07, 6.45) is -0.919. The lowest BCUT2D eigenvalue weighted by atomic mass is 9.84. The fourth-order valence-corrected chi connectivity index (χ4v) is 5.29. The third kappa shape index (κ3) is 4.38. The SMILES string of the molecule is COC(=O)C[C@@H]1C[C@@H]2c3cc(NS(=O)(=O)c4cccc(OC)c4)ccc3O[C@@H]2[C@@H](CO)O1. The molecule has 0 unspecified atom stereocenters. The largest absolute Gasteiger partial charge is 0.497 e. The Bertz CT molecular complexity index is 1100. The van der Waals surface area contributed by atoms with E-state index in [0.29, 0.717) is 23.6 Å². The Labute approximate surface area is 186 Å². The van der Waals surface area contributed by atoms with Gasteiger partial charge in [0.05, 0.1) is 38.2 Å². The monoisotopic (exact) mass is 463 g/mol. The molecule has 0 spiro atoms. The van der Waals surface area contributed by atoms with Crippen LogP contribution in [0.1, 0.15) is 24.3 Å². The quantitative estimate of drug-likeness (QED) is 0.599. The van der Waals surface area contributed by atoms with Crippen molar-refractivity contribution in [3.05, 3.63) is 48.0 Å². The molecule has 0 bridgehead atoms. The molecule has 2 aromatic carbocycles. The zero-order valence-corrected chi connectivity index (χ0v) is 18.5. The van der Waals surface area contributed by atoms with Gasteiger partial charge < -0.3 is 24.1 Å². The van der Waals surface area contributed by atoms with Crippen molar-refractivity contribution in [3.8, 4) is 11.5 Å². The van der Waals surface area contributed by atoms with Crippen LogP contribution < -0.4 is 14.2 Å². The number of fused-ring (bicyclic) bond motifs is 3. The van der Waals surface area contributed by atoms with E-state index >= 15 is 0 Å². The maximum atomic E-state index is 12.9. The number of benzene rings is 2. The van der Waals surface area contributed by atoms with Crippen molar-refractivity contribution in [3.63, 3.8) is 0 Å². The van der Waals surface area contributed by atoms with Gasteiger partial charge in [-0.25, -0.2) is 8.42 Å². The number of carbonyl (C=O) groups is 1. The highest BCUT2D eigenvalue weighted by Gasteiger charge is 2.46. The first kappa shape index (κ1) is 22.4. The van der Waals surface area contributed by atoms with Gasteiger partial charge in [-0.1, -0.05) is 6.07 Å². The van der Waals surface area contributed by atoms with Crippen LogP contribution in [0.5, 0.6) is 11.5 Å². The standard InChI is InChI=1S/C22H25NO8S/c1-28-14-4-3-5-16(9-14)32(26,27)23-13-6-7-19-17(8-13)18-10-15(11-21(25)29-2)30-20(12-24)22(18)31-19/h3-9,15,18,20,22-24H,10-12H2,1-2H3/t15-,18+,20+,22-/m0/s1. The molecule has 2 aromatic rings. The number of hydrogen-bond donors (Lipinski definition) is 2. The van der Waals surface area contributed by atoms with Crippen LogP contribution in [0.25, 0.3) is 0 Å². The number of rotatable bonds is 7. The number of esters is 1. The van der Waals surface area contributed by atoms with Gasteiger partial charge in [0.2, 0.25) is 0 Å². The minimum Gasteiger partial charge on any atom is -0.497 e. The molecular weight excluding hydrogens is 438 g/mol. The molecule has 10 heteroatoms. The average Bonchev–Trinajstić information content (AvgIpc) is 3.16. The number of ether oxygens (including phenoxy) is 4. The molecule has 2 heterocycles. The summed E-state index contributed by atoms with van der Waals surface area (Å²) in [7, 11) is -1.05. The van der Waals surface area contributed by atoms with Gasteiger partial charge in [0.25, 0.3) is 10.0 Å². The molecule has 2 aliphatic rings. The van der Waals surface area contributed by atoms with E-state index in [1.54, 1.807) is 30.3 Å². The lowest BCUT2D eigenvalue weighted by Gasteiger charge is -2.36. The second-order valence-electron chi connectivity index (χ2n) is 7.72. The van der Waals surface area contributed by atoms with Gasteiger partial charge in [-0.05, 0) is 36.8 Å². The van der Waals surface area contributed by atoms with E-state index in [1.165, 1.54) is 26.4 Å². The van der Waals surface area contributed by atoms with E-state index in [4.69, 9.17) is 18.9 Å². The Balaban J connectivity index is 1.58. The first-order chi connectivity index (χ1) is 15.3. The fourth-order valence-electron chi connectivity index (χ4n) is 4.20. The van der Waals surface area contributed by atoms with Crippen LogP contribution in [0, 0.1) is 0 Å². The maximum absolute atomic E-state index is 12.9. The van der Waals surface area contributed by atoms with Crippen molar-refractivity contribution >= 4 is 21.7 Å². The van der Waals surface area contributed by atoms with Crippen molar-refractivity contribution in [1.82, 2.24) is 0 Å². The third-order valence-corrected chi connectivity index (χ3v) is 7.10. The van der Waals surface area contributed by atoms with Crippen molar-refractivity contribution in [2.24, 2.45) is 0 Å². The van der Waals surface area contributed by atoms with Crippen molar-refractivity contribution in [1.29, 1.82) is 0 Å². The molecule has 2 N–H and O–H groups in total. The van der Waals surface area contributed by atoms with Crippen molar-refractivity contribution in [2.75, 3.05) is 25.5 Å². The topological polar surface area (TPSA) is 120 Å². The molecule has 4 atom stereocenters. The zero-order valence-electron chi connectivity index (χ0n) is 17.7. The predicted octanol–water partition coefficient (Wildman–Crippen LogP) is 2.05. The van der Waals surface area contributed by atoms with Crippen molar-refractivity contribution < 1.29 is 37.3 Å². The van der Waals surface area contributed by atoms with Gasteiger partial charge in [-0.2, -0.15) is 0 Å². The summed E-state index contributed by atoms with van der Waals surface area (Å²) in [5, 5.41) is 9.78. The van der Waals surface area contributed by atoms with E-state index in [9.17, 15) is 18.3 Å². The highest BCUT2D eigenvalue weighted by atomic mass is 32.2. The molecule has 0 amide bonds. The van der Waals surface area contributed by atoms with E-state index < -0.39 is 34.3 Å². The first-order valence-corrected chi connectivity index (χ1v) is 11.6. The second-order valence-corrected chi connectivity index (χ2v) is 9.40. The number of methoxy groups -OCH3 is 2. The van der Waals surface area contributed by atoms with Crippen LogP contribution in [0.3, 0.4) is 0 Å². The Morgan fingerprint density at radius 3 is 2.75 bits per heavy atom. The lowest BCUT2D eigenvalue weighted by molar-refractivity contribution is -0.156. The van der Waals surface area contributed by atoms with Crippen molar-refractivity contribution in [2.45, 2.75) is 42.0 Å². The summed E-state index contributed by atoms with van der Waals surface area (Å²) < 4.78 is 50.0. The number of hydrogen-bond acceptors (Lipinski definition) is 8. The molecule has 1 saturated heterocycles. The Hall–Kier alpha value is -2.82. The number of nitrogens with one attached hydrogen (secondary N) is 1. The van der Waals surface area contributed by atoms with E-state index in [1.807, 2.05) is 0 Å². The number of anilines is 1. The molecule has 0 aliphatic carbocycles. The van der Waals surface area contributed by atoms with E-state index in [2.05, 4.69) is 4.72 Å². The lowest BCUT2D eigenvalue weighted by Crippen LogP contribution is -2.46. The number of carbonyl (C=O) groups excluding carboxylic acids is 1. The Morgan fingerprint density at radius 1 is 1.22 bits per heavy atom. The predicted molar refractivity (Wildman–Crippen MR) is 114 cm³/mol. The minimum atomic E-state index is -3.83. The molecular formula is C22H25NO8S. The van der Waals surface area contributed by atoms with Gasteiger partial charge in [-0.15, -0.1) is 0 Å². The maximum Gasteiger partial charge on any atom is 0.308 e. The zero-order chi connectivity index (χ0) is 22.9. The number of aliphatic hydroxyl groups excluding tert-OH is 1. The molecule has 1 fully saturated rings. The molecule has 172 valence electrons. The van der Waals surface area contributed by atoms with Gasteiger partial charge in [0, 0.05) is 23.2 Å². The Morgan fingerprint density at radius 2 is 2.03 bits per heavy atom. The summed E-state index contributed by atoms with van der Waals surface area (Å²) in [4.78, 5) is 11.8. The van der Waals surface area contributed by atoms with E-state index in [-0.39, 0.29) is 23.8 Å². The smallest absolute Gasteiger partial charge is 0.308 e. The van der Waals surface area contributed by atoms with Gasteiger partial charge >= 0.3 is 5.97 Å². The van der Waals surface area contributed by atoms with Crippen LogP contribution in [-0.2, 0) is 24.3 Å². The normalized spacial score (nSPS) is 24.1. The van der Waals surface area contributed by atoms with Crippen LogP contribution >= 0.6 is 0 Å². The molecule has 9 nitrogen and oxygen atoms in total. The van der Waals surface area contributed by atoms with Gasteiger partial charge in [0.15, 0.2) is 0 Å². The van der Waals surface area contributed by atoms with Crippen LogP contribution in [-0.4, -0.2) is 58.6 Å². The highest BCUT2D eigenvalue weighted by Crippen LogP contribution is 2.47. The summed E-state index contributed by atoms with van der Waals surface area (Å²) in [5.74, 6) is 0.480. The number of aliphatic hydroxyl groups is 1. The molecule has 0 radical (unpaired) electrons. The van der Waals surface area contributed by atoms with Gasteiger partial charge in [-0.3, -0.25) is 9.52 Å². The summed E-state index contributed by atoms with van der Waals surface area (Å²) >= 11 is 0. The molecule has 0 aromatic heterocycles. The summed E-state index contributed by atoms with van der Waals surface area (Å²) in [6, 6.07) is 11.2. The fraction of sp³-hybridized carbons (Fsp3) is 0.409. The summed E-state index contributed by atoms with van der Waals surface area (Å²) in [6.45, 7) is -0.262.